The van der Waals surface area contributed by atoms with Gasteiger partial charge in [0.15, 0.2) is 25.0 Å². The minimum atomic E-state index is -1.86. The second-order valence-electron chi connectivity index (χ2n) is 7.34. The van der Waals surface area contributed by atoms with Crippen molar-refractivity contribution in [2.75, 3.05) is 0 Å². The van der Waals surface area contributed by atoms with Crippen LogP contribution in [0.4, 0.5) is 0 Å². The van der Waals surface area contributed by atoms with E-state index in [0.717, 1.165) is 0 Å². The molecule has 0 aromatic heterocycles. The summed E-state index contributed by atoms with van der Waals surface area (Å²) in [6, 6.07) is 0. The lowest BCUT2D eigenvalue weighted by Gasteiger charge is -2.41. The van der Waals surface area contributed by atoms with E-state index < -0.39 is 30.9 Å². The SMILES string of the molecule is C#CC(O[Si](C)(C)C)(O[Si](C)(C)C)O[Si](C)(C)C. The van der Waals surface area contributed by atoms with Crippen LogP contribution in [0.5, 0.6) is 0 Å². The van der Waals surface area contributed by atoms with Gasteiger partial charge in [-0.05, 0) is 64.8 Å². The minimum Gasteiger partial charge on any atom is -0.361 e. The van der Waals surface area contributed by atoms with Crippen molar-refractivity contribution < 1.29 is 13.3 Å². The summed E-state index contributed by atoms with van der Waals surface area (Å²) >= 11 is 0. The Hall–Kier alpha value is 0.0906. The summed E-state index contributed by atoms with van der Waals surface area (Å²) < 4.78 is 18.2. The van der Waals surface area contributed by atoms with E-state index in [4.69, 9.17) is 19.7 Å². The third-order valence-electron chi connectivity index (χ3n) is 1.50. The van der Waals surface area contributed by atoms with Crippen molar-refractivity contribution in [2.24, 2.45) is 0 Å². The number of hydrogen-bond donors (Lipinski definition) is 0. The summed E-state index contributed by atoms with van der Waals surface area (Å²) in [6.45, 7) is 18.8. The van der Waals surface area contributed by atoms with Crippen LogP contribution in [0.25, 0.3) is 0 Å². The number of rotatable bonds is 6. The Balaban J connectivity index is 5.29. The maximum absolute atomic E-state index is 6.05. The van der Waals surface area contributed by atoms with Gasteiger partial charge in [-0.15, -0.1) is 6.42 Å². The van der Waals surface area contributed by atoms with Crippen LogP contribution >= 0.6 is 0 Å². The van der Waals surface area contributed by atoms with Crippen molar-refractivity contribution in [1.82, 2.24) is 0 Å². The monoisotopic (exact) mass is 304 g/mol. The normalized spacial score (nSPS) is 14.4. The first-order chi connectivity index (χ1) is 7.68. The van der Waals surface area contributed by atoms with Crippen LogP contribution in [0.3, 0.4) is 0 Å². The van der Waals surface area contributed by atoms with Gasteiger partial charge in [-0.2, -0.15) is 0 Å². The second kappa shape index (κ2) is 5.61. The standard InChI is InChI=1S/C12H28O3Si3/c1-11-12(13-16(2,3)4,14-17(5,6)7)15-18(8,9)10/h1H,2-10H3. The van der Waals surface area contributed by atoms with E-state index in [0.29, 0.717) is 0 Å². The summed E-state index contributed by atoms with van der Waals surface area (Å²) in [7, 11) is -5.58. The third-order valence-corrected chi connectivity index (χ3v) is 4.14. The molecule has 0 atom stereocenters. The molecule has 0 N–H and O–H groups in total. The molecule has 0 unspecified atom stereocenters. The van der Waals surface area contributed by atoms with Crippen molar-refractivity contribution in [3.8, 4) is 12.3 Å². The second-order valence-corrected chi connectivity index (χ2v) is 20.6. The van der Waals surface area contributed by atoms with Gasteiger partial charge in [0, 0.05) is 0 Å². The zero-order valence-electron chi connectivity index (χ0n) is 13.3. The Morgan fingerprint density at radius 1 is 0.667 bits per heavy atom. The molecule has 0 rings (SSSR count). The Kier molecular flexibility index (Phi) is 5.64. The van der Waals surface area contributed by atoms with Gasteiger partial charge in [-0.1, -0.05) is 0 Å². The van der Waals surface area contributed by atoms with Crippen molar-refractivity contribution in [3.63, 3.8) is 0 Å². The lowest BCUT2D eigenvalue weighted by Crippen LogP contribution is -2.55. The fraction of sp³-hybridized carbons (Fsp3) is 0.833. The van der Waals surface area contributed by atoms with E-state index in [2.05, 4.69) is 64.8 Å². The van der Waals surface area contributed by atoms with Crippen molar-refractivity contribution in [3.05, 3.63) is 0 Å². The van der Waals surface area contributed by atoms with Crippen molar-refractivity contribution in [2.45, 2.75) is 64.9 Å². The van der Waals surface area contributed by atoms with Gasteiger partial charge < -0.3 is 13.3 Å². The van der Waals surface area contributed by atoms with Gasteiger partial charge in [0.25, 0.3) is 0 Å². The molecule has 3 nitrogen and oxygen atoms in total. The average molecular weight is 305 g/mol. The van der Waals surface area contributed by atoms with E-state index in [1.54, 1.807) is 0 Å². The molecule has 0 aromatic rings. The van der Waals surface area contributed by atoms with E-state index >= 15 is 0 Å². The molecular weight excluding hydrogens is 276 g/mol. The van der Waals surface area contributed by atoms with Gasteiger partial charge in [-0.25, -0.2) is 0 Å². The van der Waals surface area contributed by atoms with Gasteiger partial charge in [0.1, 0.15) is 0 Å². The van der Waals surface area contributed by atoms with Crippen LogP contribution in [-0.4, -0.2) is 30.9 Å². The first kappa shape index (κ1) is 18.1. The minimum absolute atomic E-state index is 1.29. The van der Waals surface area contributed by atoms with Gasteiger partial charge >= 0.3 is 5.97 Å². The zero-order valence-corrected chi connectivity index (χ0v) is 16.3. The predicted molar refractivity (Wildman–Crippen MR) is 84.9 cm³/mol. The fourth-order valence-electron chi connectivity index (χ4n) is 1.36. The summed E-state index contributed by atoms with van der Waals surface area (Å²) in [6.07, 6.45) is 5.67. The number of hydrogen-bond acceptors (Lipinski definition) is 3. The topological polar surface area (TPSA) is 27.7 Å². The maximum atomic E-state index is 6.05. The van der Waals surface area contributed by atoms with E-state index in [9.17, 15) is 0 Å². The van der Waals surface area contributed by atoms with Crippen LogP contribution in [0.1, 0.15) is 0 Å². The Morgan fingerprint density at radius 2 is 0.889 bits per heavy atom. The Labute approximate surface area is 116 Å². The molecule has 0 amide bonds. The molecular formula is C12H28O3Si3. The molecule has 106 valence electrons. The first-order valence-electron chi connectivity index (χ1n) is 6.26. The fourth-order valence-corrected chi connectivity index (χ4v) is 4.46. The van der Waals surface area contributed by atoms with Crippen LogP contribution in [0, 0.1) is 12.3 Å². The van der Waals surface area contributed by atoms with Crippen molar-refractivity contribution in [1.29, 1.82) is 0 Å². The smallest absolute Gasteiger partial charge is 0.324 e. The molecule has 0 heterocycles. The summed E-state index contributed by atoms with van der Waals surface area (Å²) in [5.41, 5.74) is 0. The van der Waals surface area contributed by atoms with E-state index in [-0.39, 0.29) is 0 Å². The quantitative estimate of drug-likeness (QED) is 0.424. The highest BCUT2D eigenvalue weighted by Gasteiger charge is 2.43. The van der Waals surface area contributed by atoms with Crippen molar-refractivity contribution >= 4 is 25.0 Å². The molecule has 0 radical (unpaired) electrons. The first-order valence-corrected chi connectivity index (χ1v) is 16.5. The predicted octanol–water partition coefficient (Wildman–Crippen LogP) is 3.83. The third kappa shape index (κ3) is 8.24. The Bertz CT molecular complexity index is 275. The van der Waals surface area contributed by atoms with Crippen LogP contribution < -0.4 is 0 Å². The highest BCUT2D eigenvalue weighted by molar-refractivity contribution is 6.72. The molecule has 0 saturated carbocycles. The number of terminal acetylenes is 1. The lowest BCUT2D eigenvalue weighted by atomic mass is 10.6. The molecule has 0 aliphatic carbocycles. The zero-order chi connectivity index (χ0) is 14.8. The summed E-state index contributed by atoms with van der Waals surface area (Å²) in [5.74, 6) is 1.33. The maximum Gasteiger partial charge on any atom is 0.324 e. The van der Waals surface area contributed by atoms with E-state index in [1.165, 1.54) is 0 Å². The summed E-state index contributed by atoms with van der Waals surface area (Å²) in [4.78, 5) is 0. The molecule has 0 spiro atoms. The van der Waals surface area contributed by atoms with Crippen LogP contribution in [0.2, 0.25) is 58.9 Å². The van der Waals surface area contributed by atoms with Crippen LogP contribution in [-0.2, 0) is 13.3 Å². The molecule has 0 bridgehead atoms. The van der Waals surface area contributed by atoms with E-state index in [1.807, 2.05) is 0 Å². The molecule has 0 fully saturated rings. The molecule has 18 heavy (non-hydrogen) atoms. The highest BCUT2D eigenvalue weighted by atomic mass is 28.4. The summed E-state index contributed by atoms with van der Waals surface area (Å²) in [5, 5.41) is 0. The van der Waals surface area contributed by atoms with Crippen LogP contribution in [0.15, 0.2) is 0 Å². The molecule has 6 heteroatoms. The molecule has 0 aliphatic heterocycles. The van der Waals surface area contributed by atoms with Gasteiger partial charge in [0.2, 0.25) is 0 Å². The van der Waals surface area contributed by atoms with Gasteiger partial charge in [0.05, 0.1) is 0 Å². The molecule has 0 saturated heterocycles. The lowest BCUT2D eigenvalue weighted by molar-refractivity contribution is -0.223. The van der Waals surface area contributed by atoms with Gasteiger partial charge in [-0.3, -0.25) is 0 Å². The average Bonchev–Trinajstić information content (AvgIpc) is 1.93. The largest absolute Gasteiger partial charge is 0.361 e. The highest BCUT2D eigenvalue weighted by Crippen LogP contribution is 2.28. The molecule has 0 aliphatic rings. The molecule has 0 aromatic carbocycles. The Morgan fingerprint density at radius 3 is 1.00 bits per heavy atom.